The first-order chi connectivity index (χ1) is 13.9. The third kappa shape index (κ3) is 5.32. The summed E-state index contributed by atoms with van der Waals surface area (Å²) in [6, 6.07) is 12.0. The van der Waals surface area contributed by atoms with E-state index in [4.69, 9.17) is 14.2 Å². The highest BCUT2D eigenvalue weighted by Crippen LogP contribution is 2.36. The van der Waals surface area contributed by atoms with E-state index in [9.17, 15) is 13.2 Å². The van der Waals surface area contributed by atoms with E-state index in [-0.39, 0.29) is 13.1 Å². The maximum atomic E-state index is 12.5. The summed E-state index contributed by atoms with van der Waals surface area (Å²) in [6.45, 7) is 0.944. The lowest BCUT2D eigenvalue weighted by molar-refractivity contribution is -0.119. The molecule has 0 saturated heterocycles. The number of nitrogens with zero attached hydrogens (tertiary/aromatic N) is 1. The molecule has 9 heteroatoms. The van der Waals surface area contributed by atoms with E-state index in [0.717, 1.165) is 17.0 Å². The number of hydrogen-bond acceptors (Lipinski definition) is 6. The Morgan fingerprint density at radius 3 is 2.41 bits per heavy atom. The zero-order valence-corrected chi connectivity index (χ0v) is 17.2. The Balaban J connectivity index is 1.72. The smallest absolute Gasteiger partial charge is 0.241 e. The van der Waals surface area contributed by atoms with Crippen molar-refractivity contribution in [1.29, 1.82) is 0 Å². The molecule has 1 amide bonds. The first-order valence-electron chi connectivity index (χ1n) is 9.14. The van der Waals surface area contributed by atoms with Crippen LogP contribution in [0, 0.1) is 0 Å². The molecule has 1 N–H and O–H groups in total. The van der Waals surface area contributed by atoms with Crippen molar-refractivity contribution in [3.8, 4) is 17.2 Å². The van der Waals surface area contributed by atoms with E-state index in [1.165, 1.54) is 7.11 Å². The number of nitrogens with one attached hydrogen (secondary N) is 1. The molecule has 0 aliphatic carbocycles. The highest BCUT2D eigenvalue weighted by Gasteiger charge is 2.21. The van der Waals surface area contributed by atoms with Gasteiger partial charge in [0.1, 0.15) is 12.3 Å². The second-order valence-electron chi connectivity index (χ2n) is 6.54. The minimum absolute atomic E-state index is 0.158. The fourth-order valence-corrected chi connectivity index (χ4v) is 3.79. The summed E-state index contributed by atoms with van der Waals surface area (Å²) in [5.74, 6) is 1.31. The van der Waals surface area contributed by atoms with Crippen molar-refractivity contribution in [2.75, 3.05) is 37.4 Å². The summed E-state index contributed by atoms with van der Waals surface area (Å²) < 4.78 is 42.0. The Kier molecular flexibility index (Phi) is 6.48. The molecule has 0 saturated carbocycles. The fraction of sp³-hybridized carbons (Fsp3) is 0.350. The van der Waals surface area contributed by atoms with Crippen LogP contribution in [0.15, 0.2) is 42.5 Å². The van der Waals surface area contributed by atoms with Gasteiger partial charge in [-0.2, -0.15) is 0 Å². The van der Waals surface area contributed by atoms with Crippen LogP contribution in [0.3, 0.4) is 0 Å². The summed E-state index contributed by atoms with van der Waals surface area (Å²) >= 11 is 0. The Labute approximate surface area is 170 Å². The number of para-hydroxylation sites is 1. The van der Waals surface area contributed by atoms with Gasteiger partial charge >= 0.3 is 0 Å². The number of carbonyl (C=O) groups is 1. The molecular weight excluding hydrogens is 396 g/mol. The van der Waals surface area contributed by atoms with Crippen molar-refractivity contribution in [3.63, 3.8) is 0 Å². The highest BCUT2D eigenvalue weighted by molar-refractivity contribution is 7.92. The number of fused-ring (bicyclic) bond motifs is 1. The number of sulfonamides is 1. The normalized spacial score (nSPS) is 13.3. The molecule has 0 unspecified atom stereocenters. The monoisotopic (exact) mass is 420 g/mol. The lowest BCUT2D eigenvalue weighted by atomic mass is 10.1. The Bertz CT molecular complexity index is 962. The van der Waals surface area contributed by atoms with E-state index < -0.39 is 15.9 Å². The van der Waals surface area contributed by atoms with Gasteiger partial charge < -0.3 is 19.5 Å². The summed E-state index contributed by atoms with van der Waals surface area (Å²) in [5.41, 5.74) is 1.13. The molecular formula is C20H24N2O6S. The van der Waals surface area contributed by atoms with Gasteiger partial charge in [0.2, 0.25) is 15.9 Å². The molecule has 2 aromatic rings. The predicted molar refractivity (Wildman–Crippen MR) is 109 cm³/mol. The second kappa shape index (κ2) is 9.04. The van der Waals surface area contributed by atoms with Gasteiger partial charge in [-0.1, -0.05) is 18.2 Å². The maximum absolute atomic E-state index is 12.5. The van der Waals surface area contributed by atoms with Gasteiger partial charge in [-0.25, -0.2) is 8.42 Å². The van der Waals surface area contributed by atoms with E-state index in [2.05, 4.69) is 5.32 Å². The van der Waals surface area contributed by atoms with Crippen LogP contribution in [0.4, 0.5) is 5.69 Å². The third-order valence-electron chi connectivity index (χ3n) is 4.36. The number of ether oxygens (including phenoxy) is 3. The average Bonchev–Trinajstić information content (AvgIpc) is 2.94. The van der Waals surface area contributed by atoms with Gasteiger partial charge in [0.25, 0.3) is 0 Å². The van der Waals surface area contributed by atoms with Crippen LogP contribution in [0.5, 0.6) is 17.2 Å². The predicted octanol–water partition coefficient (Wildman–Crippen LogP) is 1.94. The SMILES string of the molecule is COc1cc2c(cc1CNC(=O)CN(c1ccccc1)S(C)(=O)=O)OCCCO2. The van der Waals surface area contributed by atoms with Crippen molar-refractivity contribution in [1.82, 2.24) is 5.32 Å². The van der Waals surface area contributed by atoms with Crippen LogP contribution in [-0.2, 0) is 21.4 Å². The first kappa shape index (κ1) is 20.8. The second-order valence-corrected chi connectivity index (χ2v) is 8.45. The van der Waals surface area contributed by atoms with Gasteiger partial charge in [0.05, 0.1) is 32.3 Å². The minimum atomic E-state index is -3.61. The molecule has 0 aromatic heterocycles. The number of methoxy groups -OCH3 is 1. The molecule has 1 aliphatic heterocycles. The van der Waals surface area contributed by atoms with Crippen LogP contribution in [-0.4, -0.2) is 47.4 Å². The van der Waals surface area contributed by atoms with Crippen LogP contribution >= 0.6 is 0 Å². The molecule has 2 aromatic carbocycles. The van der Waals surface area contributed by atoms with Crippen molar-refractivity contribution in [2.45, 2.75) is 13.0 Å². The van der Waals surface area contributed by atoms with Crippen molar-refractivity contribution >= 4 is 21.6 Å². The van der Waals surface area contributed by atoms with Crippen LogP contribution in [0.2, 0.25) is 0 Å². The first-order valence-corrected chi connectivity index (χ1v) is 11.0. The maximum Gasteiger partial charge on any atom is 0.241 e. The Morgan fingerprint density at radius 1 is 1.14 bits per heavy atom. The summed E-state index contributed by atoms with van der Waals surface area (Å²) in [6.07, 6.45) is 1.85. The summed E-state index contributed by atoms with van der Waals surface area (Å²) in [5, 5.41) is 2.75. The average molecular weight is 420 g/mol. The summed E-state index contributed by atoms with van der Waals surface area (Å²) in [7, 11) is -2.08. The minimum Gasteiger partial charge on any atom is -0.496 e. The molecule has 3 rings (SSSR count). The molecule has 0 radical (unpaired) electrons. The van der Waals surface area contributed by atoms with Gasteiger partial charge in [0, 0.05) is 24.6 Å². The van der Waals surface area contributed by atoms with Crippen molar-refractivity contribution in [3.05, 3.63) is 48.0 Å². The van der Waals surface area contributed by atoms with Crippen molar-refractivity contribution < 1.29 is 27.4 Å². The van der Waals surface area contributed by atoms with Crippen LogP contribution < -0.4 is 23.8 Å². The number of anilines is 1. The number of benzene rings is 2. The third-order valence-corrected chi connectivity index (χ3v) is 5.50. The zero-order chi connectivity index (χ0) is 20.9. The standard InChI is InChI=1S/C20H24N2O6S/c1-26-17-12-19-18(27-9-6-10-28-19)11-15(17)13-21-20(23)14-22(29(2,24)25)16-7-4-3-5-8-16/h3-5,7-8,11-12H,6,9-10,13-14H2,1-2H3,(H,21,23). The Morgan fingerprint density at radius 2 is 1.79 bits per heavy atom. The fourth-order valence-electron chi connectivity index (χ4n) is 2.93. The molecule has 0 bridgehead atoms. The van der Waals surface area contributed by atoms with E-state index in [1.807, 2.05) is 0 Å². The molecule has 1 heterocycles. The molecule has 156 valence electrons. The molecule has 0 fully saturated rings. The molecule has 8 nitrogen and oxygen atoms in total. The lowest BCUT2D eigenvalue weighted by Gasteiger charge is -2.22. The molecule has 0 atom stereocenters. The Hall–Kier alpha value is -2.94. The van der Waals surface area contributed by atoms with Crippen LogP contribution in [0.25, 0.3) is 0 Å². The largest absolute Gasteiger partial charge is 0.496 e. The number of rotatable bonds is 7. The van der Waals surface area contributed by atoms with Crippen molar-refractivity contribution in [2.24, 2.45) is 0 Å². The van der Waals surface area contributed by atoms with Crippen LogP contribution in [0.1, 0.15) is 12.0 Å². The number of amides is 1. The van der Waals surface area contributed by atoms with Gasteiger partial charge in [0.15, 0.2) is 11.5 Å². The van der Waals surface area contributed by atoms with E-state index >= 15 is 0 Å². The molecule has 1 aliphatic rings. The lowest BCUT2D eigenvalue weighted by Crippen LogP contribution is -2.40. The van der Waals surface area contributed by atoms with Gasteiger partial charge in [-0.3, -0.25) is 9.10 Å². The zero-order valence-electron chi connectivity index (χ0n) is 16.4. The summed E-state index contributed by atoms with van der Waals surface area (Å²) in [4.78, 5) is 12.5. The van der Waals surface area contributed by atoms with E-state index in [0.29, 0.717) is 41.7 Å². The molecule has 0 spiro atoms. The van der Waals surface area contributed by atoms with Gasteiger partial charge in [-0.05, 0) is 18.2 Å². The number of carbonyl (C=O) groups excluding carboxylic acids is 1. The highest BCUT2D eigenvalue weighted by atomic mass is 32.2. The molecule has 29 heavy (non-hydrogen) atoms. The topological polar surface area (TPSA) is 94.2 Å². The quantitative estimate of drug-likeness (QED) is 0.736. The van der Waals surface area contributed by atoms with E-state index in [1.54, 1.807) is 42.5 Å². The van der Waals surface area contributed by atoms with Gasteiger partial charge in [-0.15, -0.1) is 0 Å². The number of hydrogen-bond donors (Lipinski definition) is 1.